The number of hydrogen-bond donors (Lipinski definition) is 0. The van der Waals surface area contributed by atoms with E-state index in [0.717, 1.165) is 0 Å². The third kappa shape index (κ3) is 2.45. The van der Waals surface area contributed by atoms with Gasteiger partial charge in [-0.1, -0.05) is 0 Å². The van der Waals surface area contributed by atoms with Crippen LogP contribution in [0.2, 0.25) is 0 Å². The Kier molecular flexibility index (Phi) is 3.89. The largest absolute Gasteiger partial charge is 0.462 e. The van der Waals surface area contributed by atoms with Crippen molar-refractivity contribution >= 4 is 17.6 Å². The first-order valence-corrected chi connectivity index (χ1v) is 4.74. The molecule has 14 heavy (non-hydrogen) atoms. The topological polar surface area (TPSA) is 26.3 Å². The lowest BCUT2D eigenvalue weighted by molar-refractivity contribution is 0.0526. The molecule has 0 N–H and O–H groups in total. The summed E-state index contributed by atoms with van der Waals surface area (Å²) in [6.45, 7) is 2.01. The molecule has 0 saturated heterocycles. The Morgan fingerprint density at radius 1 is 1.57 bits per heavy atom. The number of rotatable bonds is 3. The van der Waals surface area contributed by atoms with Crippen LogP contribution in [0.5, 0.6) is 0 Å². The molecule has 0 radical (unpaired) electrons. The summed E-state index contributed by atoms with van der Waals surface area (Å²) in [5.74, 6) is -0.828. The van der Waals surface area contributed by atoms with E-state index in [-0.39, 0.29) is 5.88 Å². The van der Waals surface area contributed by atoms with Gasteiger partial charge in [-0.25, -0.2) is 9.18 Å². The predicted molar refractivity (Wildman–Crippen MR) is 51.9 cm³/mol. The quantitative estimate of drug-likeness (QED) is 0.574. The lowest BCUT2D eigenvalue weighted by Gasteiger charge is -2.03. The minimum atomic E-state index is -0.459. The summed E-state index contributed by atoms with van der Waals surface area (Å²) in [6.07, 6.45) is 0. The summed E-state index contributed by atoms with van der Waals surface area (Å²) in [6, 6.07) is 3.99. The molecular formula is C10H10ClFO2. The van der Waals surface area contributed by atoms with Crippen molar-refractivity contribution in [1.82, 2.24) is 0 Å². The number of esters is 1. The van der Waals surface area contributed by atoms with Gasteiger partial charge in [0.2, 0.25) is 0 Å². The summed E-state index contributed by atoms with van der Waals surface area (Å²) in [5, 5.41) is 0. The first kappa shape index (κ1) is 11.0. The first-order valence-electron chi connectivity index (χ1n) is 4.20. The smallest absolute Gasteiger partial charge is 0.338 e. The zero-order chi connectivity index (χ0) is 10.6. The number of carbonyl (C=O) groups excluding carboxylic acids is 1. The number of carbonyl (C=O) groups is 1. The van der Waals surface area contributed by atoms with Crippen molar-refractivity contribution < 1.29 is 13.9 Å². The van der Waals surface area contributed by atoms with Gasteiger partial charge in [0.1, 0.15) is 5.82 Å². The number of alkyl halides is 1. The van der Waals surface area contributed by atoms with Crippen LogP contribution < -0.4 is 0 Å². The van der Waals surface area contributed by atoms with Crippen molar-refractivity contribution in [2.75, 3.05) is 6.61 Å². The summed E-state index contributed by atoms with van der Waals surface area (Å²) in [4.78, 5) is 11.2. The zero-order valence-corrected chi connectivity index (χ0v) is 8.47. The molecular weight excluding hydrogens is 207 g/mol. The Bertz CT molecular complexity index is 339. The molecule has 0 heterocycles. The molecule has 0 amide bonds. The third-order valence-corrected chi connectivity index (χ3v) is 1.99. The van der Waals surface area contributed by atoms with Gasteiger partial charge in [-0.05, 0) is 25.1 Å². The average Bonchev–Trinajstić information content (AvgIpc) is 2.19. The van der Waals surface area contributed by atoms with Gasteiger partial charge in [0.15, 0.2) is 0 Å². The second-order valence-electron chi connectivity index (χ2n) is 2.66. The second-order valence-corrected chi connectivity index (χ2v) is 2.93. The molecule has 2 nitrogen and oxygen atoms in total. The summed E-state index contributed by atoms with van der Waals surface area (Å²) in [7, 11) is 0. The van der Waals surface area contributed by atoms with E-state index in [1.54, 1.807) is 6.92 Å². The lowest BCUT2D eigenvalue weighted by atomic mass is 10.1. The van der Waals surface area contributed by atoms with Gasteiger partial charge in [0, 0.05) is 5.56 Å². The second kappa shape index (κ2) is 4.96. The Labute approximate surface area is 86.6 Å². The molecule has 0 fully saturated rings. The molecule has 1 aromatic rings. The van der Waals surface area contributed by atoms with E-state index in [1.807, 2.05) is 0 Å². The minimum absolute atomic E-state index is 0.0408. The average molecular weight is 217 g/mol. The number of ether oxygens (including phenoxy) is 1. The highest BCUT2D eigenvalue weighted by molar-refractivity contribution is 6.17. The fraction of sp³-hybridized carbons (Fsp3) is 0.300. The maximum Gasteiger partial charge on any atom is 0.338 e. The van der Waals surface area contributed by atoms with E-state index in [1.165, 1.54) is 18.2 Å². The number of halogens is 2. The Balaban J connectivity index is 2.94. The fourth-order valence-electron chi connectivity index (χ4n) is 1.02. The van der Waals surface area contributed by atoms with Crippen molar-refractivity contribution in [2.24, 2.45) is 0 Å². The molecule has 4 heteroatoms. The van der Waals surface area contributed by atoms with Crippen LogP contribution in [-0.2, 0) is 10.6 Å². The number of benzene rings is 1. The molecule has 0 saturated carbocycles. The number of hydrogen-bond acceptors (Lipinski definition) is 2. The van der Waals surface area contributed by atoms with Gasteiger partial charge >= 0.3 is 5.97 Å². The van der Waals surface area contributed by atoms with Crippen molar-refractivity contribution in [2.45, 2.75) is 12.8 Å². The van der Waals surface area contributed by atoms with Crippen LogP contribution in [0.25, 0.3) is 0 Å². The molecule has 0 bridgehead atoms. The zero-order valence-electron chi connectivity index (χ0n) is 7.72. The summed E-state index contributed by atoms with van der Waals surface area (Å²) in [5.41, 5.74) is 0.626. The van der Waals surface area contributed by atoms with Gasteiger partial charge in [0.25, 0.3) is 0 Å². The SMILES string of the molecule is CCOC(=O)c1ccc(F)c(CCl)c1. The molecule has 0 unspecified atom stereocenters. The van der Waals surface area contributed by atoms with Crippen LogP contribution in [0, 0.1) is 5.82 Å². The normalized spacial score (nSPS) is 9.93. The Hall–Kier alpha value is -1.09. The van der Waals surface area contributed by atoms with E-state index in [4.69, 9.17) is 16.3 Å². The van der Waals surface area contributed by atoms with Crippen LogP contribution in [-0.4, -0.2) is 12.6 Å². The highest BCUT2D eigenvalue weighted by atomic mass is 35.5. The van der Waals surface area contributed by atoms with Gasteiger partial charge in [-0.15, -0.1) is 11.6 Å². The molecule has 0 aliphatic heterocycles. The van der Waals surface area contributed by atoms with Crippen molar-refractivity contribution in [3.05, 3.63) is 35.1 Å². The van der Waals surface area contributed by atoms with Crippen LogP contribution in [0.1, 0.15) is 22.8 Å². The highest BCUT2D eigenvalue weighted by Crippen LogP contribution is 2.13. The third-order valence-electron chi connectivity index (χ3n) is 1.70. The monoisotopic (exact) mass is 216 g/mol. The van der Waals surface area contributed by atoms with Crippen LogP contribution in [0.4, 0.5) is 4.39 Å². The van der Waals surface area contributed by atoms with Crippen molar-refractivity contribution in [1.29, 1.82) is 0 Å². The van der Waals surface area contributed by atoms with Crippen molar-refractivity contribution in [3.8, 4) is 0 Å². The minimum Gasteiger partial charge on any atom is -0.462 e. The van der Waals surface area contributed by atoms with E-state index in [0.29, 0.717) is 17.7 Å². The Morgan fingerprint density at radius 2 is 2.29 bits per heavy atom. The highest BCUT2D eigenvalue weighted by Gasteiger charge is 2.09. The summed E-state index contributed by atoms with van der Waals surface area (Å²) < 4.78 is 17.7. The van der Waals surface area contributed by atoms with Crippen LogP contribution in [0.3, 0.4) is 0 Å². The molecule has 0 aliphatic carbocycles. The lowest BCUT2D eigenvalue weighted by Crippen LogP contribution is -2.05. The molecule has 0 spiro atoms. The van der Waals surface area contributed by atoms with E-state index >= 15 is 0 Å². The van der Waals surface area contributed by atoms with Gasteiger partial charge < -0.3 is 4.74 Å². The molecule has 1 aromatic carbocycles. The van der Waals surface area contributed by atoms with Gasteiger partial charge in [-0.2, -0.15) is 0 Å². The molecule has 0 atom stereocenters. The first-order chi connectivity index (χ1) is 6.69. The summed E-state index contributed by atoms with van der Waals surface area (Å²) >= 11 is 5.49. The molecule has 0 aliphatic rings. The fourth-order valence-corrected chi connectivity index (χ4v) is 1.22. The van der Waals surface area contributed by atoms with Crippen molar-refractivity contribution in [3.63, 3.8) is 0 Å². The van der Waals surface area contributed by atoms with Crippen LogP contribution >= 0.6 is 11.6 Å². The van der Waals surface area contributed by atoms with Gasteiger partial charge in [0.05, 0.1) is 18.1 Å². The maximum absolute atomic E-state index is 13.0. The van der Waals surface area contributed by atoms with Crippen LogP contribution in [0.15, 0.2) is 18.2 Å². The van der Waals surface area contributed by atoms with E-state index in [2.05, 4.69) is 0 Å². The molecule has 76 valence electrons. The molecule has 0 aromatic heterocycles. The predicted octanol–water partition coefficient (Wildman–Crippen LogP) is 2.74. The molecule has 1 rings (SSSR count). The maximum atomic E-state index is 13.0. The standard InChI is InChI=1S/C10H10ClFO2/c1-2-14-10(13)7-3-4-9(12)8(5-7)6-11/h3-5H,2,6H2,1H3. The Morgan fingerprint density at radius 3 is 2.86 bits per heavy atom. The van der Waals surface area contributed by atoms with E-state index < -0.39 is 11.8 Å². The van der Waals surface area contributed by atoms with E-state index in [9.17, 15) is 9.18 Å². The van der Waals surface area contributed by atoms with Gasteiger partial charge in [-0.3, -0.25) is 0 Å².